The fourth-order valence-corrected chi connectivity index (χ4v) is 6.23. The lowest BCUT2D eigenvalue weighted by atomic mass is 9.72. The Kier molecular flexibility index (Phi) is 5.47. The average Bonchev–Trinajstić information content (AvgIpc) is 3.04. The van der Waals surface area contributed by atoms with Crippen molar-refractivity contribution in [3.05, 3.63) is 63.3 Å². The van der Waals surface area contributed by atoms with E-state index in [0.29, 0.717) is 5.92 Å². The molecule has 1 aromatic carbocycles. The third-order valence-electron chi connectivity index (χ3n) is 5.74. The van der Waals surface area contributed by atoms with E-state index in [4.69, 9.17) is 4.98 Å². The summed E-state index contributed by atoms with van der Waals surface area (Å²) >= 11 is 3.31. The van der Waals surface area contributed by atoms with E-state index >= 15 is 0 Å². The van der Waals surface area contributed by atoms with Crippen molar-refractivity contribution < 1.29 is 0 Å². The van der Waals surface area contributed by atoms with Crippen molar-refractivity contribution in [2.75, 3.05) is 5.75 Å². The van der Waals surface area contributed by atoms with Crippen molar-refractivity contribution in [2.24, 2.45) is 11.3 Å². The Bertz CT molecular complexity index is 1120. The quantitative estimate of drug-likeness (QED) is 0.281. The zero-order valence-corrected chi connectivity index (χ0v) is 19.3. The maximum atomic E-state index is 13.7. The average molecular weight is 425 g/mol. The molecule has 2 aromatic heterocycles. The highest BCUT2D eigenvalue weighted by molar-refractivity contribution is 7.99. The lowest BCUT2D eigenvalue weighted by Gasteiger charge is -2.33. The number of hydrogen-bond donors (Lipinski definition) is 0. The van der Waals surface area contributed by atoms with Crippen LogP contribution in [0.15, 0.2) is 52.4 Å². The predicted molar refractivity (Wildman–Crippen MR) is 126 cm³/mol. The van der Waals surface area contributed by atoms with Gasteiger partial charge in [0.05, 0.1) is 11.1 Å². The van der Waals surface area contributed by atoms with E-state index in [0.717, 1.165) is 51.6 Å². The molecular formula is C24H28N2OS2. The Morgan fingerprint density at radius 1 is 1.31 bits per heavy atom. The fourth-order valence-electron chi connectivity index (χ4n) is 4.03. The Balaban J connectivity index is 1.90. The van der Waals surface area contributed by atoms with Gasteiger partial charge in [0.1, 0.15) is 4.83 Å². The second kappa shape index (κ2) is 7.77. The molecule has 0 saturated carbocycles. The molecule has 5 heteroatoms. The van der Waals surface area contributed by atoms with Gasteiger partial charge in [0.25, 0.3) is 5.56 Å². The highest BCUT2D eigenvalue weighted by atomic mass is 32.2. The lowest BCUT2D eigenvalue weighted by molar-refractivity contribution is 0.218. The summed E-state index contributed by atoms with van der Waals surface area (Å²) in [5, 5.41) is 1.59. The van der Waals surface area contributed by atoms with Gasteiger partial charge in [-0.3, -0.25) is 9.36 Å². The van der Waals surface area contributed by atoms with Crippen LogP contribution in [0.3, 0.4) is 0 Å². The first-order chi connectivity index (χ1) is 13.8. The Labute approximate surface area is 180 Å². The Morgan fingerprint density at radius 2 is 2.03 bits per heavy atom. The van der Waals surface area contributed by atoms with Crippen LogP contribution in [0.4, 0.5) is 0 Å². The van der Waals surface area contributed by atoms with Crippen molar-refractivity contribution >= 4 is 33.3 Å². The van der Waals surface area contributed by atoms with Crippen LogP contribution in [0.2, 0.25) is 0 Å². The molecule has 3 aromatic rings. The standard InChI is InChI=1S/C24H28N2OS2/c1-15(2)14-28-23-25-21-20(22(27)26(23)17-9-7-6-8-10-17)18-12-11-16(24(3,4)5)13-19(18)29-21/h6-10,16H,1,11-14H2,2-5H3/t16-/m1/s1. The molecule has 2 heterocycles. The molecule has 0 saturated heterocycles. The summed E-state index contributed by atoms with van der Waals surface area (Å²) in [5.74, 6) is 1.40. The summed E-state index contributed by atoms with van der Waals surface area (Å²) < 4.78 is 1.79. The smallest absolute Gasteiger partial charge is 0.267 e. The maximum absolute atomic E-state index is 13.7. The summed E-state index contributed by atoms with van der Waals surface area (Å²) in [7, 11) is 0. The SMILES string of the molecule is C=C(C)CSc1nc2sc3c(c2c(=O)n1-c1ccccc1)CC[C@@H](C(C)(C)C)C3. The minimum absolute atomic E-state index is 0.0668. The van der Waals surface area contributed by atoms with Gasteiger partial charge >= 0.3 is 0 Å². The van der Waals surface area contributed by atoms with Gasteiger partial charge in [-0.2, -0.15) is 0 Å². The molecular weight excluding hydrogens is 396 g/mol. The number of thiophene rings is 1. The number of thioether (sulfide) groups is 1. The molecule has 1 aliphatic rings. The molecule has 1 aliphatic carbocycles. The second-order valence-electron chi connectivity index (χ2n) is 9.11. The van der Waals surface area contributed by atoms with E-state index < -0.39 is 0 Å². The van der Waals surface area contributed by atoms with Gasteiger partial charge in [-0.05, 0) is 55.2 Å². The summed E-state index contributed by atoms with van der Waals surface area (Å²) in [6.45, 7) is 13.0. The molecule has 0 bridgehead atoms. The van der Waals surface area contributed by atoms with Crippen LogP contribution < -0.4 is 5.56 Å². The molecule has 1 atom stereocenters. The van der Waals surface area contributed by atoms with Crippen molar-refractivity contribution in [1.82, 2.24) is 9.55 Å². The van der Waals surface area contributed by atoms with Gasteiger partial charge < -0.3 is 0 Å². The molecule has 0 fully saturated rings. The zero-order valence-electron chi connectivity index (χ0n) is 17.6. The summed E-state index contributed by atoms with van der Waals surface area (Å²) in [4.78, 5) is 20.9. The Morgan fingerprint density at radius 3 is 2.69 bits per heavy atom. The van der Waals surface area contributed by atoms with Gasteiger partial charge in [-0.15, -0.1) is 11.3 Å². The van der Waals surface area contributed by atoms with Crippen molar-refractivity contribution in [3.8, 4) is 5.69 Å². The van der Waals surface area contributed by atoms with Gasteiger partial charge in [-0.1, -0.05) is 62.9 Å². The van der Waals surface area contributed by atoms with Crippen LogP contribution >= 0.6 is 23.1 Å². The number of nitrogens with zero attached hydrogens (tertiary/aromatic N) is 2. The first-order valence-corrected chi connectivity index (χ1v) is 12.0. The molecule has 0 radical (unpaired) electrons. The van der Waals surface area contributed by atoms with Crippen LogP contribution in [0.5, 0.6) is 0 Å². The molecule has 0 spiro atoms. The van der Waals surface area contributed by atoms with Crippen LogP contribution in [-0.4, -0.2) is 15.3 Å². The molecule has 0 amide bonds. The first kappa shape index (κ1) is 20.4. The van der Waals surface area contributed by atoms with Gasteiger partial charge in [0.2, 0.25) is 0 Å². The normalized spacial score (nSPS) is 16.8. The highest BCUT2D eigenvalue weighted by Crippen LogP contribution is 2.42. The minimum atomic E-state index is 0.0668. The summed E-state index contributed by atoms with van der Waals surface area (Å²) in [6, 6.07) is 9.87. The van der Waals surface area contributed by atoms with Gasteiger partial charge in [0, 0.05) is 10.6 Å². The number of benzene rings is 1. The number of aryl methyl sites for hydroxylation is 1. The number of aromatic nitrogens is 2. The van der Waals surface area contributed by atoms with Crippen LogP contribution in [-0.2, 0) is 12.8 Å². The van der Waals surface area contributed by atoms with E-state index in [1.807, 2.05) is 37.3 Å². The summed E-state index contributed by atoms with van der Waals surface area (Å²) in [6.07, 6.45) is 3.17. The van der Waals surface area contributed by atoms with Crippen molar-refractivity contribution in [3.63, 3.8) is 0 Å². The predicted octanol–water partition coefficient (Wildman–Crippen LogP) is 6.27. The van der Waals surface area contributed by atoms with Crippen molar-refractivity contribution in [2.45, 2.75) is 52.1 Å². The van der Waals surface area contributed by atoms with Crippen LogP contribution in [0.25, 0.3) is 15.9 Å². The van der Waals surface area contributed by atoms with Crippen LogP contribution in [0, 0.1) is 11.3 Å². The monoisotopic (exact) mass is 424 g/mol. The third-order valence-corrected chi connectivity index (χ3v) is 8.06. The lowest BCUT2D eigenvalue weighted by Crippen LogP contribution is -2.27. The van der Waals surface area contributed by atoms with Crippen LogP contribution in [0.1, 0.15) is 44.6 Å². The van der Waals surface area contributed by atoms with E-state index in [2.05, 4.69) is 27.4 Å². The van der Waals surface area contributed by atoms with E-state index in [-0.39, 0.29) is 11.0 Å². The number of rotatable bonds is 4. The van der Waals surface area contributed by atoms with Gasteiger partial charge in [-0.25, -0.2) is 4.98 Å². The van der Waals surface area contributed by atoms with E-state index in [1.54, 1.807) is 27.7 Å². The third kappa shape index (κ3) is 3.95. The molecule has 0 unspecified atom stereocenters. The van der Waals surface area contributed by atoms with Gasteiger partial charge in [0.15, 0.2) is 5.16 Å². The second-order valence-corrected chi connectivity index (χ2v) is 11.1. The Hall–Kier alpha value is -1.85. The van der Waals surface area contributed by atoms with Crippen molar-refractivity contribution in [1.29, 1.82) is 0 Å². The minimum Gasteiger partial charge on any atom is -0.268 e. The molecule has 152 valence electrons. The van der Waals surface area contributed by atoms with E-state index in [1.165, 1.54) is 10.4 Å². The maximum Gasteiger partial charge on any atom is 0.267 e. The molecule has 4 rings (SSSR count). The summed E-state index contributed by atoms with van der Waals surface area (Å²) in [5.41, 5.74) is 3.54. The molecule has 3 nitrogen and oxygen atoms in total. The van der Waals surface area contributed by atoms with E-state index in [9.17, 15) is 4.79 Å². The highest BCUT2D eigenvalue weighted by Gasteiger charge is 2.32. The topological polar surface area (TPSA) is 34.9 Å². The molecule has 29 heavy (non-hydrogen) atoms. The number of para-hydroxylation sites is 1. The zero-order chi connectivity index (χ0) is 20.8. The largest absolute Gasteiger partial charge is 0.268 e. The molecule has 0 N–H and O–H groups in total. The fraction of sp³-hybridized carbons (Fsp3) is 0.417. The number of fused-ring (bicyclic) bond motifs is 3. The first-order valence-electron chi connectivity index (χ1n) is 10.2. The number of hydrogen-bond acceptors (Lipinski definition) is 4. The molecule has 0 aliphatic heterocycles.